The van der Waals surface area contributed by atoms with Gasteiger partial charge in [-0.3, -0.25) is 4.79 Å². The van der Waals surface area contributed by atoms with Crippen molar-refractivity contribution >= 4 is 21.9 Å². The monoisotopic (exact) mass is 270 g/mol. The molecule has 1 rings (SSSR count). The van der Waals surface area contributed by atoms with E-state index >= 15 is 0 Å². The van der Waals surface area contributed by atoms with E-state index in [1.54, 1.807) is 0 Å². The maximum Gasteiger partial charge on any atom is 0.416 e. The van der Waals surface area contributed by atoms with Crippen LogP contribution in [0.2, 0.25) is 0 Å². The Balaban J connectivity index is 2.99. The average molecular weight is 271 g/mol. The number of carbonyl (C=O) groups is 1. The normalized spacial score (nSPS) is 22.7. The van der Waals surface area contributed by atoms with Crippen LogP contribution in [0.4, 0.5) is 13.2 Å². The SMILES string of the molecule is O=C(O)C1C=C(C(F)(F)F)C=C(Br)C1. The van der Waals surface area contributed by atoms with Crippen LogP contribution in [-0.4, -0.2) is 17.3 Å². The summed E-state index contributed by atoms with van der Waals surface area (Å²) in [6.45, 7) is 0. The number of aliphatic carboxylic acids is 1. The lowest BCUT2D eigenvalue weighted by molar-refractivity contribution is -0.140. The molecule has 0 spiro atoms. The molecule has 0 amide bonds. The van der Waals surface area contributed by atoms with Gasteiger partial charge in [-0.05, 0) is 17.0 Å². The molecule has 0 saturated carbocycles. The van der Waals surface area contributed by atoms with Gasteiger partial charge in [0, 0.05) is 0 Å². The fourth-order valence-corrected chi connectivity index (χ4v) is 1.69. The minimum Gasteiger partial charge on any atom is -0.481 e. The third kappa shape index (κ3) is 2.60. The van der Waals surface area contributed by atoms with Crippen LogP contribution in [0.3, 0.4) is 0 Å². The smallest absolute Gasteiger partial charge is 0.416 e. The van der Waals surface area contributed by atoms with Crippen molar-refractivity contribution in [2.45, 2.75) is 12.6 Å². The molecule has 0 heterocycles. The van der Waals surface area contributed by atoms with Crippen molar-refractivity contribution in [2.24, 2.45) is 5.92 Å². The molecule has 0 aromatic heterocycles. The molecule has 1 atom stereocenters. The van der Waals surface area contributed by atoms with E-state index in [1.165, 1.54) is 0 Å². The van der Waals surface area contributed by atoms with Crippen molar-refractivity contribution in [2.75, 3.05) is 0 Å². The molecule has 0 fully saturated rings. The Morgan fingerprint density at radius 1 is 1.57 bits per heavy atom. The van der Waals surface area contributed by atoms with E-state index in [9.17, 15) is 18.0 Å². The van der Waals surface area contributed by atoms with Crippen LogP contribution in [0, 0.1) is 5.92 Å². The number of allylic oxidation sites excluding steroid dienone is 3. The first-order chi connectivity index (χ1) is 6.30. The largest absolute Gasteiger partial charge is 0.481 e. The molecule has 78 valence electrons. The van der Waals surface area contributed by atoms with Gasteiger partial charge in [-0.25, -0.2) is 0 Å². The molecule has 1 N–H and O–H groups in total. The van der Waals surface area contributed by atoms with Gasteiger partial charge >= 0.3 is 12.1 Å². The first kappa shape index (κ1) is 11.3. The third-order valence-corrected chi connectivity index (χ3v) is 2.30. The highest BCUT2D eigenvalue weighted by molar-refractivity contribution is 9.11. The molecule has 2 nitrogen and oxygen atoms in total. The molecule has 1 unspecified atom stereocenters. The van der Waals surface area contributed by atoms with Crippen molar-refractivity contribution in [1.82, 2.24) is 0 Å². The summed E-state index contributed by atoms with van der Waals surface area (Å²) in [5.41, 5.74) is -0.914. The Morgan fingerprint density at radius 2 is 2.14 bits per heavy atom. The topological polar surface area (TPSA) is 37.3 Å². The van der Waals surface area contributed by atoms with Crippen LogP contribution in [0.25, 0.3) is 0 Å². The van der Waals surface area contributed by atoms with Gasteiger partial charge in [0.05, 0.1) is 11.5 Å². The van der Waals surface area contributed by atoms with Crippen LogP contribution in [0.1, 0.15) is 6.42 Å². The highest BCUT2D eigenvalue weighted by Crippen LogP contribution is 2.35. The van der Waals surface area contributed by atoms with Crippen molar-refractivity contribution in [1.29, 1.82) is 0 Å². The highest BCUT2D eigenvalue weighted by Gasteiger charge is 2.35. The first-order valence-electron chi connectivity index (χ1n) is 3.68. The van der Waals surface area contributed by atoms with E-state index in [0.29, 0.717) is 0 Å². The van der Waals surface area contributed by atoms with Crippen LogP contribution in [-0.2, 0) is 4.79 Å². The number of hydrogen-bond acceptors (Lipinski definition) is 1. The number of rotatable bonds is 1. The predicted molar refractivity (Wildman–Crippen MR) is 46.9 cm³/mol. The molecule has 0 aromatic carbocycles. The summed E-state index contributed by atoms with van der Waals surface area (Å²) in [5, 5.41) is 8.58. The number of carboxylic acids is 1. The number of carboxylic acid groups (broad SMARTS) is 1. The molecule has 0 aromatic rings. The lowest BCUT2D eigenvalue weighted by Gasteiger charge is -2.17. The van der Waals surface area contributed by atoms with Crippen molar-refractivity contribution in [3.8, 4) is 0 Å². The highest BCUT2D eigenvalue weighted by atomic mass is 79.9. The molecule has 1 aliphatic carbocycles. The maximum absolute atomic E-state index is 12.2. The van der Waals surface area contributed by atoms with E-state index < -0.39 is 23.6 Å². The Hall–Kier alpha value is -0.780. The minimum atomic E-state index is -4.49. The second-order valence-corrected chi connectivity index (χ2v) is 3.88. The molecule has 14 heavy (non-hydrogen) atoms. The van der Waals surface area contributed by atoms with Gasteiger partial charge in [-0.15, -0.1) is 0 Å². The Labute approximate surface area is 86.2 Å². The van der Waals surface area contributed by atoms with E-state index in [2.05, 4.69) is 15.9 Å². The van der Waals surface area contributed by atoms with Gasteiger partial charge in [0.1, 0.15) is 0 Å². The predicted octanol–water partition coefficient (Wildman–Crippen LogP) is 2.86. The fraction of sp³-hybridized carbons (Fsp3) is 0.375. The van der Waals surface area contributed by atoms with Gasteiger partial charge in [-0.1, -0.05) is 22.0 Å². The van der Waals surface area contributed by atoms with Crippen molar-refractivity contribution in [3.63, 3.8) is 0 Å². The van der Waals surface area contributed by atoms with Gasteiger partial charge in [0.15, 0.2) is 0 Å². The van der Waals surface area contributed by atoms with E-state index in [4.69, 9.17) is 5.11 Å². The summed E-state index contributed by atoms with van der Waals surface area (Å²) in [6.07, 6.45) is -2.80. The van der Waals surface area contributed by atoms with E-state index in [0.717, 1.165) is 12.2 Å². The molecular weight excluding hydrogens is 265 g/mol. The van der Waals surface area contributed by atoms with Crippen molar-refractivity contribution in [3.05, 3.63) is 22.2 Å². The number of halogens is 4. The molecule has 6 heteroatoms. The first-order valence-corrected chi connectivity index (χ1v) is 4.48. The standard InChI is InChI=1S/C8H6BrF3O2/c9-6-2-4(7(13)14)1-5(3-6)8(10,11)12/h1,3-4H,2H2,(H,13,14). The molecule has 0 saturated heterocycles. The van der Waals surface area contributed by atoms with E-state index in [-0.39, 0.29) is 10.9 Å². The lowest BCUT2D eigenvalue weighted by Crippen LogP contribution is -2.19. The Bertz CT molecular complexity index is 317. The summed E-state index contributed by atoms with van der Waals surface area (Å²) in [4.78, 5) is 10.5. The second kappa shape index (κ2) is 3.76. The summed E-state index contributed by atoms with van der Waals surface area (Å²) in [6, 6.07) is 0. The molecule has 1 aliphatic rings. The van der Waals surface area contributed by atoms with Gasteiger partial charge in [0.25, 0.3) is 0 Å². The second-order valence-electron chi connectivity index (χ2n) is 2.86. The van der Waals surface area contributed by atoms with Gasteiger partial charge < -0.3 is 5.11 Å². The minimum absolute atomic E-state index is 0.0644. The molecule has 0 radical (unpaired) electrons. The Kier molecular flexibility index (Phi) is 3.04. The van der Waals surface area contributed by atoms with Crippen LogP contribution < -0.4 is 0 Å². The van der Waals surface area contributed by atoms with E-state index in [1.807, 2.05) is 0 Å². The zero-order valence-corrected chi connectivity index (χ0v) is 8.39. The van der Waals surface area contributed by atoms with Crippen molar-refractivity contribution < 1.29 is 23.1 Å². The summed E-state index contributed by atoms with van der Waals surface area (Å²) < 4.78 is 36.9. The summed E-state index contributed by atoms with van der Waals surface area (Å²) >= 11 is 2.89. The van der Waals surface area contributed by atoms with Gasteiger partial charge in [-0.2, -0.15) is 13.2 Å². The van der Waals surface area contributed by atoms with Crippen LogP contribution >= 0.6 is 15.9 Å². The third-order valence-electron chi connectivity index (χ3n) is 1.75. The fourth-order valence-electron chi connectivity index (χ4n) is 1.10. The molecule has 0 aliphatic heterocycles. The lowest BCUT2D eigenvalue weighted by atomic mass is 9.96. The Morgan fingerprint density at radius 3 is 2.57 bits per heavy atom. The summed E-state index contributed by atoms with van der Waals surface area (Å²) in [5.74, 6) is -2.36. The number of hydrogen-bond donors (Lipinski definition) is 1. The summed E-state index contributed by atoms with van der Waals surface area (Å²) in [7, 11) is 0. The zero-order valence-electron chi connectivity index (χ0n) is 6.81. The maximum atomic E-state index is 12.2. The average Bonchev–Trinajstić information content (AvgIpc) is 2.01. The zero-order chi connectivity index (χ0) is 10.9. The molecule has 0 bridgehead atoms. The quantitative estimate of drug-likeness (QED) is 0.796. The van der Waals surface area contributed by atoms with Gasteiger partial charge in [0.2, 0.25) is 0 Å². The van der Waals surface area contributed by atoms with Crippen LogP contribution in [0.5, 0.6) is 0 Å². The molecular formula is C8H6BrF3O2. The number of alkyl halides is 3. The van der Waals surface area contributed by atoms with Crippen LogP contribution in [0.15, 0.2) is 22.2 Å².